The summed E-state index contributed by atoms with van der Waals surface area (Å²) in [7, 11) is 0. The van der Waals surface area contributed by atoms with E-state index in [9.17, 15) is 0 Å². The third-order valence-corrected chi connectivity index (χ3v) is 20.5. The standard InChI is InChI=1S/C29H37.C16H21.C15H14.2ClH.Zr/c1-18-25-22-17-19-13-9-10-14-20(19)24(22)21-15-11-12-16-23(21)29(25,8)28(6,7)27(4,5)26(18,2)3;1-10-2-3-13(4-10)16-14-6-11-5-12(8-14)9-15(16)7-11;1-12-3-7-14(8-4-12)11-15-9-5-13(2)6-10-15;;;/h9-11,13-15,23H,12,16-17H2,1-8H3;3-4,10-12,14-16H,5-9H2,1H3;3-10H,1-2H3;2*1H;/q2*-1;;;;+2/p-2. The van der Waals surface area contributed by atoms with E-state index in [2.05, 4.69) is 179 Å². The van der Waals surface area contributed by atoms with Crippen molar-refractivity contribution in [3.05, 3.63) is 165 Å². The van der Waals surface area contributed by atoms with Gasteiger partial charge in [0.15, 0.2) is 0 Å². The second-order valence-electron chi connectivity index (χ2n) is 22.6. The van der Waals surface area contributed by atoms with E-state index in [1.807, 2.05) is 0 Å². The molecule has 3 unspecified atom stereocenters. The van der Waals surface area contributed by atoms with Gasteiger partial charge in [0, 0.05) is 0 Å². The first-order valence-electron chi connectivity index (χ1n) is 24.0. The number of halogens is 2. The van der Waals surface area contributed by atoms with Gasteiger partial charge in [-0.25, -0.2) is 12.0 Å². The molecular formula is C60H72Cl2Zr-2. The predicted octanol–water partition coefficient (Wildman–Crippen LogP) is 9.39. The average molecular weight is 955 g/mol. The molecule has 5 saturated carbocycles. The van der Waals surface area contributed by atoms with Crippen molar-refractivity contribution in [1.29, 1.82) is 0 Å². The maximum Gasteiger partial charge on any atom is -1.00 e. The number of allylic oxidation sites excluding steroid dienone is 10. The SMILES string of the molecule is CC1[C-]=CC(C2C3CC4CC(C3)CC2C4)=C1.C[C-]1C2=C3Cc4ccccc4C3=C3C=CCCC3C2(C)C(C)(C)C(C)(C)C1(C)C.Cc1ccc([C](=[Zr+2])c2ccc(C)cc2)cc1.[Cl-].[Cl-]. The van der Waals surface area contributed by atoms with Crippen LogP contribution >= 0.6 is 0 Å². The van der Waals surface area contributed by atoms with E-state index in [-0.39, 0.29) is 46.5 Å². The normalized spacial score (nSPS) is 31.5. The Kier molecular flexibility index (Phi) is 13.8. The topological polar surface area (TPSA) is 0 Å². The second kappa shape index (κ2) is 18.0. The summed E-state index contributed by atoms with van der Waals surface area (Å²) in [6.07, 6.45) is 24.5. The molecule has 0 aliphatic heterocycles. The quantitative estimate of drug-likeness (QED) is 0.230. The van der Waals surface area contributed by atoms with Crippen LogP contribution in [0.4, 0.5) is 0 Å². The van der Waals surface area contributed by atoms with E-state index in [0.29, 0.717) is 11.8 Å². The largest absolute Gasteiger partial charge is 1.00 e. The molecule has 3 atom stereocenters. The fourth-order valence-corrected chi connectivity index (χ4v) is 15.3. The number of aryl methyl sites for hydroxylation is 2. The molecule has 332 valence electrons. The minimum Gasteiger partial charge on any atom is -1.00 e. The van der Waals surface area contributed by atoms with Crippen LogP contribution in [-0.4, -0.2) is 3.21 Å². The maximum atomic E-state index is 3.46. The van der Waals surface area contributed by atoms with Crippen LogP contribution in [0.2, 0.25) is 0 Å². The Balaban J connectivity index is 0.000000150. The molecule has 9 aliphatic carbocycles. The zero-order chi connectivity index (χ0) is 43.2. The maximum absolute atomic E-state index is 3.46. The molecule has 12 rings (SSSR count). The van der Waals surface area contributed by atoms with Gasteiger partial charge in [-0.1, -0.05) is 132 Å². The fourth-order valence-electron chi connectivity index (χ4n) is 14.5. The van der Waals surface area contributed by atoms with Crippen molar-refractivity contribution in [3.8, 4) is 0 Å². The van der Waals surface area contributed by atoms with Crippen LogP contribution in [0, 0.1) is 88.9 Å². The molecule has 3 aromatic rings. The van der Waals surface area contributed by atoms with Gasteiger partial charge in [-0.05, 0) is 96.3 Å². The Hall–Kier alpha value is -2.44. The molecule has 9 aliphatic rings. The monoisotopic (exact) mass is 952 g/mol. The summed E-state index contributed by atoms with van der Waals surface area (Å²) in [4.78, 5) is 0. The van der Waals surface area contributed by atoms with Gasteiger partial charge < -0.3 is 24.8 Å². The third-order valence-electron chi connectivity index (χ3n) is 19.0. The molecule has 3 aromatic carbocycles. The summed E-state index contributed by atoms with van der Waals surface area (Å²) in [5, 5.41) is 0. The van der Waals surface area contributed by atoms with Crippen molar-refractivity contribution in [2.45, 2.75) is 128 Å². The van der Waals surface area contributed by atoms with Crippen molar-refractivity contribution in [2.75, 3.05) is 0 Å². The predicted molar refractivity (Wildman–Crippen MR) is 255 cm³/mol. The molecule has 4 bridgehead atoms. The van der Waals surface area contributed by atoms with E-state index in [4.69, 9.17) is 0 Å². The Morgan fingerprint density at radius 1 is 0.730 bits per heavy atom. The van der Waals surface area contributed by atoms with Crippen LogP contribution in [0.25, 0.3) is 5.57 Å². The first-order chi connectivity index (χ1) is 28.9. The van der Waals surface area contributed by atoms with Crippen LogP contribution in [0.3, 0.4) is 0 Å². The van der Waals surface area contributed by atoms with E-state index in [1.165, 1.54) is 99.3 Å². The number of fused-ring (bicyclic) bond motifs is 6. The van der Waals surface area contributed by atoms with Crippen molar-refractivity contribution in [2.24, 2.45) is 63.1 Å². The van der Waals surface area contributed by atoms with E-state index in [1.54, 1.807) is 40.2 Å². The first kappa shape index (κ1) is 48.5. The molecule has 5 fully saturated rings. The number of rotatable bonds is 3. The molecule has 63 heavy (non-hydrogen) atoms. The van der Waals surface area contributed by atoms with Crippen LogP contribution in [0.5, 0.6) is 0 Å². The van der Waals surface area contributed by atoms with Gasteiger partial charge >= 0.3 is 112 Å². The second-order valence-corrected chi connectivity index (χ2v) is 23.8. The Labute approximate surface area is 410 Å². The molecule has 0 nitrogen and oxygen atoms in total. The molecule has 0 spiro atoms. The summed E-state index contributed by atoms with van der Waals surface area (Å²) in [5.41, 5.74) is 17.3. The summed E-state index contributed by atoms with van der Waals surface area (Å²) in [6, 6.07) is 26.7. The Morgan fingerprint density at radius 2 is 1.29 bits per heavy atom. The Morgan fingerprint density at radius 3 is 1.83 bits per heavy atom. The average Bonchev–Trinajstić information content (AvgIpc) is 3.84. The molecule has 0 heterocycles. The van der Waals surface area contributed by atoms with Gasteiger partial charge in [-0.15, -0.1) is 6.92 Å². The summed E-state index contributed by atoms with van der Waals surface area (Å²) in [6.45, 7) is 26.8. The van der Waals surface area contributed by atoms with Crippen LogP contribution in [0.15, 0.2) is 119 Å². The van der Waals surface area contributed by atoms with Gasteiger partial charge in [0.25, 0.3) is 0 Å². The van der Waals surface area contributed by atoms with Crippen molar-refractivity contribution in [3.63, 3.8) is 0 Å². The fraction of sp³-hybridized carbons (Fsp3) is 0.500. The van der Waals surface area contributed by atoms with Crippen LogP contribution in [0.1, 0.15) is 141 Å². The molecule has 0 N–H and O–H groups in total. The van der Waals surface area contributed by atoms with Crippen molar-refractivity contribution < 1.29 is 49.0 Å². The van der Waals surface area contributed by atoms with Crippen molar-refractivity contribution >= 4 is 8.78 Å². The number of hydrogen-bond acceptors (Lipinski definition) is 0. The Bertz CT molecular complexity index is 2280. The zero-order valence-electron chi connectivity index (χ0n) is 40.2. The summed E-state index contributed by atoms with van der Waals surface area (Å²) in [5.74, 6) is 8.01. The van der Waals surface area contributed by atoms with Gasteiger partial charge in [-0.2, -0.15) is 22.8 Å². The van der Waals surface area contributed by atoms with Gasteiger partial charge in [0.05, 0.1) is 0 Å². The first-order valence-corrected chi connectivity index (χ1v) is 25.3. The minimum absolute atomic E-state index is 0. The molecule has 0 aromatic heterocycles. The number of hydrogen-bond donors (Lipinski definition) is 0. The zero-order valence-corrected chi connectivity index (χ0v) is 44.2. The molecule has 3 heteroatoms. The molecular weight excluding hydrogens is 883 g/mol. The molecule has 0 saturated heterocycles. The molecule has 0 radical (unpaired) electrons. The van der Waals surface area contributed by atoms with Crippen LogP contribution in [-0.2, 0) is 30.7 Å². The van der Waals surface area contributed by atoms with E-state index in [0.717, 1.165) is 36.0 Å². The minimum atomic E-state index is 0. The van der Waals surface area contributed by atoms with Crippen molar-refractivity contribution in [1.82, 2.24) is 0 Å². The van der Waals surface area contributed by atoms with Gasteiger partial charge in [0.1, 0.15) is 0 Å². The summed E-state index contributed by atoms with van der Waals surface area (Å²) < 4.78 is 1.42. The van der Waals surface area contributed by atoms with E-state index >= 15 is 0 Å². The smallest absolute Gasteiger partial charge is 1.00 e. The number of benzene rings is 3. The molecule has 0 amide bonds. The van der Waals surface area contributed by atoms with Crippen LogP contribution < -0.4 is 24.8 Å². The van der Waals surface area contributed by atoms with Gasteiger partial charge in [0.2, 0.25) is 0 Å². The van der Waals surface area contributed by atoms with E-state index < -0.39 is 0 Å². The summed E-state index contributed by atoms with van der Waals surface area (Å²) >= 11 is 1.46. The van der Waals surface area contributed by atoms with Gasteiger partial charge in [-0.3, -0.25) is 6.08 Å². The third kappa shape index (κ3) is 7.95.